The van der Waals surface area contributed by atoms with Crippen molar-refractivity contribution in [2.24, 2.45) is 0 Å². The second kappa shape index (κ2) is 7.61. The summed E-state index contributed by atoms with van der Waals surface area (Å²) in [6.45, 7) is 1.63. The molecule has 7 nitrogen and oxygen atoms in total. The molecule has 3 aromatic rings. The van der Waals surface area contributed by atoms with Crippen molar-refractivity contribution in [2.45, 2.75) is 25.4 Å². The van der Waals surface area contributed by atoms with Gasteiger partial charge in [-0.05, 0) is 36.6 Å². The summed E-state index contributed by atoms with van der Waals surface area (Å²) < 4.78 is 17.8. The van der Waals surface area contributed by atoms with E-state index in [0.717, 1.165) is 19.4 Å². The number of rotatable bonds is 4. The first-order valence-electron chi connectivity index (χ1n) is 8.99. The van der Waals surface area contributed by atoms with Crippen LogP contribution in [0.4, 0.5) is 9.18 Å². The Morgan fingerprint density at radius 3 is 2.96 bits per heavy atom. The monoisotopic (exact) mass is 368 g/mol. The van der Waals surface area contributed by atoms with E-state index in [2.05, 4.69) is 15.4 Å². The van der Waals surface area contributed by atoms with E-state index in [0.29, 0.717) is 17.8 Å². The minimum atomic E-state index is -0.350. The van der Waals surface area contributed by atoms with E-state index in [1.807, 2.05) is 16.9 Å². The van der Waals surface area contributed by atoms with Gasteiger partial charge in [-0.15, -0.1) is 0 Å². The molecule has 1 fully saturated rings. The van der Waals surface area contributed by atoms with Gasteiger partial charge in [0.1, 0.15) is 5.82 Å². The van der Waals surface area contributed by atoms with Gasteiger partial charge in [0.15, 0.2) is 0 Å². The molecule has 140 valence electrons. The maximum atomic E-state index is 14.3. The summed E-state index contributed by atoms with van der Waals surface area (Å²) in [5.41, 5.74) is 1.14. The highest BCUT2D eigenvalue weighted by Gasteiger charge is 2.24. The average molecular weight is 368 g/mol. The molecule has 1 aliphatic rings. The number of aromatic nitrogens is 4. The molecule has 1 aromatic carbocycles. The van der Waals surface area contributed by atoms with E-state index in [4.69, 9.17) is 0 Å². The molecule has 0 aliphatic carbocycles. The van der Waals surface area contributed by atoms with Crippen LogP contribution >= 0.6 is 0 Å². The molecule has 27 heavy (non-hydrogen) atoms. The first kappa shape index (κ1) is 17.3. The van der Waals surface area contributed by atoms with Crippen LogP contribution in [0.1, 0.15) is 24.4 Å². The summed E-state index contributed by atoms with van der Waals surface area (Å²) in [7, 11) is 0. The Balaban J connectivity index is 1.35. The van der Waals surface area contributed by atoms with E-state index in [9.17, 15) is 9.18 Å². The zero-order chi connectivity index (χ0) is 18.6. The predicted molar refractivity (Wildman–Crippen MR) is 97.8 cm³/mol. The number of benzene rings is 1. The third-order valence-corrected chi connectivity index (χ3v) is 4.82. The number of hydrogen-bond donors (Lipinski definition) is 1. The third-order valence-electron chi connectivity index (χ3n) is 4.82. The van der Waals surface area contributed by atoms with Gasteiger partial charge in [-0.1, -0.05) is 6.07 Å². The zero-order valence-electron chi connectivity index (χ0n) is 14.8. The molecule has 0 radical (unpaired) electrons. The topological polar surface area (TPSA) is 68.0 Å². The molecule has 2 aromatic heterocycles. The predicted octanol–water partition coefficient (Wildman–Crippen LogP) is 2.75. The highest BCUT2D eigenvalue weighted by molar-refractivity contribution is 5.74. The lowest BCUT2D eigenvalue weighted by molar-refractivity contribution is 0.163. The Morgan fingerprint density at radius 1 is 1.30 bits per heavy atom. The van der Waals surface area contributed by atoms with Crippen LogP contribution in [-0.4, -0.2) is 43.4 Å². The van der Waals surface area contributed by atoms with Crippen molar-refractivity contribution in [1.82, 2.24) is 29.5 Å². The Bertz CT molecular complexity index is 893. The SMILES string of the molecule is O=C(NCc1ccc(-n2ccnc2)c(F)c1)N1CCCC(n2cccn2)C1. The van der Waals surface area contributed by atoms with Gasteiger partial charge >= 0.3 is 6.03 Å². The summed E-state index contributed by atoms with van der Waals surface area (Å²) >= 11 is 0. The Labute approximate surface area is 156 Å². The number of urea groups is 1. The number of piperidine rings is 1. The van der Waals surface area contributed by atoms with Gasteiger partial charge in [0.25, 0.3) is 0 Å². The second-order valence-electron chi connectivity index (χ2n) is 6.64. The number of halogens is 1. The van der Waals surface area contributed by atoms with Gasteiger partial charge in [-0.25, -0.2) is 14.2 Å². The smallest absolute Gasteiger partial charge is 0.317 e. The first-order valence-corrected chi connectivity index (χ1v) is 8.99. The highest BCUT2D eigenvalue weighted by atomic mass is 19.1. The molecule has 2 amide bonds. The van der Waals surface area contributed by atoms with Crippen molar-refractivity contribution in [3.05, 3.63) is 66.8 Å². The maximum Gasteiger partial charge on any atom is 0.317 e. The molecule has 3 heterocycles. The van der Waals surface area contributed by atoms with Gasteiger partial charge in [-0.2, -0.15) is 5.10 Å². The van der Waals surface area contributed by atoms with Crippen LogP contribution in [0, 0.1) is 5.82 Å². The minimum absolute atomic E-state index is 0.133. The Morgan fingerprint density at radius 2 is 2.22 bits per heavy atom. The average Bonchev–Trinajstić information content (AvgIpc) is 3.40. The van der Waals surface area contributed by atoms with E-state index in [1.165, 1.54) is 6.07 Å². The largest absolute Gasteiger partial charge is 0.334 e. The summed E-state index contributed by atoms with van der Waals surface area (Å²) in [6.07, 6.45) is 10.5. The molecule has 1 unspecified atom stereocenters. The number of imidazole rings is 1. The van der Waals surface area contributed by atoms with E-state index >= 15 is 0 Å². The number of carbonyl (C=O) groups excluding carboxylic acids is 1. The molecule has 1 aliphatic heterocycles. The molecular weight excluding hydrogens is 347 g/mol. The molecule has 1 saturated heterocycles. The molecule has 4 rings (SSSR count). The van der Waals surface area contributed by atoms with Crippen molar-refractivity contribution >= 4 is 6.03 Å². The lowest BCUT2D eigenvalue weighted by Crippen LogP contribution is -2.45. The van der Waals surface area contributed by atoms with E-state index in [-0.39, 0.29) is 24.4 Å². The first-order chi connectivity index (χ1) is 13.2. The highest BCUT2D eigenvalue weighted by Crippen LogP contribution is 2.21. The lowest BCUT2D eigenvalue weighted by atomic mass is 10.1. The Hall–Kier alpha value is -3.16. The van der Waals surface area contributed by atoms with Crippen LogP contribution in [0.5, 0.6) is 0 Å². The molecule has 1 N–H and O–H groups in total. The van der Waals surface area contributed by atoms with Crippen molar-refractivity contribution in [2.75, 3.05) is 13.1 Å². The van der Waals surface area contributed by atoms with Crippen molar-refractivity contribution in [1.29, 1.82) is 0 Å². The third kappa shape index (κ3) is 3.84. The number of hydrogen-bond acceptors (Lipinski definition) is 3. The molecule has 1 atom stereocenters. The maximum absolute atomic E-state index is 14.3. The van der Waals surface area contributed by atoms with Gasteiger partial charge in [0.05, 0.1) is 18.1 Å². The van der Waals surface area contributed by atoms with Crippen molar-refractivity contribution in [3.8, 4) is 5.69 Å². The van der Waals surface area contributed by atoms with Crippen LogP contribution in [0.25, 0.3) is 5.69 Å². The summed E-state index contributed by atoms with van der Waals surface area (Å²) in [4.78, 5) is 18.2. The fourth-order valence-corrected chi connectivity index (χ4v) is 3.41. The molecule has 0 saturated carbocycles. The number of amides is 2. The summed E-state index contributed by atoms with van der Waals surface area (Å²) in [5.74, 6) is -0.350. The van der Waals surface area contributed by atoms with Gasteiger partial charge in [0.2, 0.25) is 0 Å². The van der Waals surface area contributed by atoms with Crippen LogP contribution in [0.2, 0.25) is 0 Å². The number of carbonyl (C=O) groups is 1. The Kier molecular flexibility index (Phi) is 4.86. The summed E-state index contributed by atoms with van der Waals surface area (Å²) in [5, 5.41) is 7.16. The summed E-state index contributed by atoms with van der Waals surface area (Å²) in [6, 6.07) is 6.89. The molecule has 8 heteroatoms. The van der Waals surface area contributed by atoms with Crippen molar-refractivity contribution < 1.29 is 9.18 Å². The van der Waals surface area contributed by atoms with Crippen LogP contribution < -0.4 is 5.32 Å². The molecule has 0 bridgehead atoms. The van der Waals surface area contributed by atoms with Gasteiger partial charge in [0, 0.05) is 44.4 Å². The van der Waals surface area contributed by atoms with Crippen molar-refractivity contribution in [3.63, 3.8) is 0 Å². The fourth-order valence-electron chi connectivity index (χ4n) is 3.41. The van der Waals surface area contributed by atoms with Crippen LogP contribution in [-0.2, 0) is 6.54 Å². The molecule has 0 spiro atoms. The lowest BCUT2D eigenvalue weighted by Gasteiger charge is -2.32. The number of nitrogens with zero attached hydrogens (tertiary/aromatic N) is 5. The van der Waals surface area contributed by atoms with Gasteiger partial charge in [-0.3, -0.25) is 4.68 Å². The minimum Gasteiger partial charge on any atom is -0.334 e. The second-order valence-corrected chi connectivity index (χ2v) is 6.64. The normalized spacial score (nSPS) is 17.1. The van der Waals surface area contributed by atoms with Crippen LogP contribution in [0.3, 0.4) is 0 Å². The standard InChI is InChI=1S/C19H21FN6O/c20-17-11-15(4-5-18(17)25-10-7-21-14-25)12-22-19(27)24-8-1-3-16(13-24)26-9-2-6-23-26/h2,4-7,9-11,14,16H,1,3,8,12-13H2,(H,22,27). The number of likely N-dealkylation sites (tertiary alicyclic amines) is 1. The fraction of sp³-hybridized carbons (Fsp3) is 0.316. The van der Waals surface area contributed by atoms with Crippen LogP contribution in [0.15, 0.2) is 55.4 Å². The van der Waals surface area contributed by atoms with E-state index in [1.54, 1.807) is 46.5 Å². The quantitative estimate of drug-likeness (QED) is 0.770. The van der Waals surface area contributed by atoms with Gasteiger partial charge < -0.3 is 14.8 Å². The number of nitrogens with one attached hydrogen (secondary N) is 1. The van der Waals surface area contributed by atoms with E-state index < -0.39 is 0 Å². The zero-order valence-corrected chi connectivity index (χ0v) is 14.8. The molecular formula is C19H21FN6O.